The van der Waals surface area contributed by atoms with Crippen molar-refractivity contribution in [3.8, 4) is 5.75 Å². The van der Waals surface area contributed by atoms with Gasteiger partial charge in [-0.2, -0.15) is 8.78 Å². The van der Waals surface area contributed by atoms with Crippen LogP contribution in [0.25, 0.3) is 0 Å². The summed E-state index contributed by atoms with van der Waals surface area (Å²) in [6.07, 6.45) is 1.89. The van der Waals surface area contributed by atoms with Crippen LogP contribution in [0.2, 0.25) is 0 Å². The number of hydrogen-bond donors (Lipinski definition) is 2. The van der Waals surface area contributed by atoms with Crippen molar-refractivity contribution in [1.29, 1.82) is 0 Å². The van der Waals surface area contributed by atoms with Crippen LogP contribution in [0.15, 0.2) is 18.2 Å². The maximum Gasteiger partial charge on any atom is 0.387 e. The van der Waals surface area contributed by atoms with Crippen LogP contribution < -0.4 is 15.4 Å². The highest BCUT2D eigenvalue weighted by Gasteiger charge is 2.53. The van der Waals surface area contributed by atoms with Gasteiger partial charge in [-0.15, -0.1) is 0 Å². The highest BCUT2D eigenvalue weighted by atomic mass is 19.3. The summed E-state index contributed by atoms with van der Waals surface area (Å²) in [6.45, 7) is 6.83. The third kappa shape index (κ3) is 5.90. The third-order valence-electron chi connectivity index (χ3n) is 5.86. The molecule has 1 aromatic rings. The van der Waals surface area contributed by atoms with Gasteiger partial charge in [0.25, 0.3) is 5.91 Å². The molecule has 9 heteroatoms. The van der Waals surface area contributed by atoms with E-state index in [1.807, 2.05) is 27.7 Å². The first-order valence-electron chi connectivity index (χ1n) is 10.5. The van der Waals surface area contributed by atoms with E-state index in [0.29, 0.717) is 12.5 Å². The van der Waals surface area contributed by atoms with Gasteiger partial charge in [-0.05, 0) is 64.0 Å². The summed E-state index contributed by atoms with van der Waals surface area (Å²) in [4.78, 5) is 26.8. The van der Waals surface area contributed by atoms with Crippen LogP contribution >= 0.6 is 0 Å². The summed E-state index contributed by atoms with van der Waals surface area (Å²) in [5.41, 5.74) is -0.122. The second-order valence-corrected chi connectivity index (χ2v) is 9.86. The molecule has 2 N–H and O–H groups in total. The van der Waals surface area contributed by atoms with E-state index in [1.165, 1.54) is 0 Å². The van der Waals surface area contributed by atoms with Gasteiger partial charge in [0.2, 0.25) is 5.91 Å². The van der Waals surface area contributed by atoms with Gasteiger partial charge >= 0.3 is 6.61 Å². The van der Waals surface area contributed by atoms with Gasteiger partial charge < -0.3 is 15.4 Å². The molecule has 0 radical (unpaired) electrons. The molecule has 1 saturated heterocycles. The fraction of sp³-hybridized carbons (Fsp3) is 0.636. The van der Waals surface area contributed by atoms with Crippen molar-refractivity contribution in [2.24, 2.45) is 11.3 Å². The van der Waals surface area contributed by atoms with Gasteiger partial charge in [0.1, 0.15) is 11.6 Å². The lowest BCUT2D eigenvalue weighted by Crippen LogP contribution is -2.67. The number of nitrogens with zero attached hydrogens (tertiary/aromatic N) is 1. The van der Waals surface area contributed by atoms with E-state index in [1.54, 1.807) is 0 Å². The molecule has 1 spiro atoms. The van der Waals surface area contributed by atoms with Gasteiger partial charge in [-0.25, -0.2) is 4.39 Å². The molecule has 1 aromatic carbocycles. The number of rotatable bonds is 7. The Balaban J connectivity index is 1.42. The minimum atomic E-state index is -3.09. The van der Waals surface area contributed by atoms with E-state index in [9.17, 15) is 22.8 Å². The van der Waals surface area contributed by atoms with E-state index >= 15 is 0 Å². The number of halogens is 3. The third-order valence-corrected chi connectivity index (χ3v) is 5.86. The number of nitrogens with one attached hydrogen (secondary N) is 2. The summed E-state index contributed by atoms with van der Waals surface area (Å²) in [5.74, 6) is -1.40. The molecule has 2 fully saturated rings. The van der Waals surface area contributed by atoms with E-state index in [4.69, 9.17) is 0 Å². The SMILES string of the molecule is CC(C(=O)NC(C)(C)C)N1CC2(CC(CNC(=O)c3cc(F)cc(OC(F)F)c3)C2)C1. The summed E-state index contributed by atoms with van der Waals surface area (Å²) in [5, 5.41) is 5.75. The first-order valence-corrected chi connectivity index (χ1v) is 10.5. The first kappa shape index (κ1) is 23.4. The van der Waals surface area contributed by atoms with E-state index in [2.05, 4.69) is 20.3 Å². The Morgan fingerprint density at radius 2 is 1.87 bits per heavy atom. The van der Waals surface area contributed by atoms with Crippen molar-refractivity contribution in [3.05, 3.63) is 29.6 Å². The lowest BCUT2D eigenvalue weighted by Gasteiger charge is -2.60. The summed E-state index contributed by atoms with van der Waals surface area (Å²) < 4.78 is 42.4. The number of carbonyl (C=O) groups is 2. The van der Waals surface area contributed by atoms with Crippen molar-refractivity contribution < 1.29 is 27.5 Å². The standard InChI is InChI=1S/C22H30F3N3O3/c1-13(18(29)27-21(2,3)4)28-11-22(12-28)8-14(9-22)10-26-19(30)15-5-16(23)7-17(6-15)31-20(24)25/h5-7,13-14,20H,8-12H2,1-4H3,(H,26,30)(H,27,29). The highest BCUT2D eigenvalue weighted by Crippen LogP contribution is 2.52. The molecule has 6 nitrogen and oxygen atoms in total. The fourth-order valence-electron chi connectivity index (χ4n) is 4.50. The zero-order valence-corrected chi connectivity index (χ0v) is 18.3. The number of ether oxygens (including phenoxy) is 1. The van der Waals surface area contributed by atoms with Crippen LogP contribution in [0, 0.1) is 17.2 Å². The Labute approximate surface area is 180 Å². The number of carbonyl (C=O) groups excluding carboxylic acids is 2. The smallest absolute Gasteiger partial charge is 0.387 e. The lowest BCUT2D eigenvalue weighted by atomic mass is 9.57. The zero-order chi connectivity index (χ0) is 23.0. The predicted molar refractivity (Wildman–Crippen MR) is 109 cm³/mol. The molecule has 172 valence electrons. The Morgan fingerprint density at radius 3 is 2.45 bits per heavy atom. The minimum Gasteiger partial charge on any atom is -0.435 e. The summed E-state index contributed by atoms with van der Waals surface area (Å²) in [7, 11) is 0. The number of benzene rings is 1. The molecular formula is C22H30F3N3O3. The average Bonchev–Trinajstić information content (AvgIpc) is 2.55. The fourth-order valence-corrected chi connectivity index (χ4v) is 4.50. The number of likely N-dealkylation sites (tertiary alicyclic amines) is 1. The molecule has 1 aliphatic carbocycles. The maximum atomic E-state index is 13.6. The van der Waals surface area contributed by atoms with Crippen LogP contribution in [-0.4, -0.2) is 54.5 Å². The topological polar surface area (TPSA) is 70.7 Å². The Bertz CT molecular complexity index is 827. The molecule has 1 aliphatic heterocycles. The van der Waals surface area contributed by atoms with Crippen molar-refractivity contribution in [1.82, 2.24) is 15.5 Å². The predicted octanol–water partition coefficient (Wildman–Crippen LogP) is 3.17. The van der Waals surface area contributed by atoms with Crippen molar-refractivity contribution in [2.75, 3.05) is 19.6 Å². The van der Waals surface area contributed by atoms with Crippen LogP contribution in [0.5, 0.6) is 5.75 Å². The summed E-state index contributed by atoms with van der Waals surface area (Å²) in [6, 6.07) is 2.72. The normalized spacial score (nSPS) is 19.5. The quantitative estimate of drug-likeness (QED) is 0.682. The molecule has 1 heterocycles. The molecule has 3 rings (SSSR count). The molecule has 31 heavy (non-hydrogen) atoms. The lowest BCUT2D eigenvalue weighted by molar-refractivity contribution is -0.143. The van der Waals surface area contributed by atoms with E-state index in [0.717, 1.165) is 44.1 Å². The maximum absolute atomic E-state index is 13.6. The molecule has 0 aromatic heterocycles. The Morgan fingerprint density at radius 1 is 1.23 bits per heavy atom. The number of hydrogen-bond acceptors (Lipinski definition) is 4. The zero-order valence-electron chi connectivity index (χ0n) is 18.3. The van der Waals surface area contributed by atoms with E-state index < -0.39 is 18.3 Å². The van der Waals surface area contributed by atoms with Crippen LogP contribution in [0.1, 0.15) is 50.9 Å². The van der Waals surface area contributed by atoms with E-state index in [-0.39, 0.29) is 34.2 Å². The van der Waals surface area contributed by atoms with Crippen molar-refractivity contribution >= 4 is 11.8 Å². The van der Waals surface area contributed by atoms with Crippen molar-refractivity contribution in [3.63, 3.8) is 0 Å². The molecule has 1 saturated carbocycles. The summed E-state index contributed by atoms with van der Waals surface area (Å²) >= 11 is 0. The van der Waals surface area contributed by atoms with Crippen LogP contribution in [0.4, 0.5) is 13.2 Å². The second-order valence-electron chi connectivity index (χ2n) is 9.86. The largest absolute Gasteiger partial charge is 0.435 e. The van der Waals surface area contributed by atoms with Crippen LogP contribution in [0.3, 0.4) is 0 Å². The average molecular weight is 441 g/mol. The van der Waals surface area contributed by atoms with Gasteiger partial charge in [0.05, 0.1) is 6.04 Å². The highest BCUT2D eigenvalue weighted by molar-refractivity contribution is 5.94. The molecule has 2 amide bonds. The second kappa shape index (κ2) is 8.68. The van der Waals surface area contributed by atoms with Crippen LogP contribution in [-0.2, 0) is 4.79 Å². The molecule has 1 unspecified atom stereocenters. The number of alkyl halides is 2. The Hall–Kier alpha value is -2.29. The minimum absolute atomic E-state index is 0.0239. The van der Waals surface area contributed by atoms with Gasteiger partial charge in [0.15, 0.2) is 0 Å². The molecular weight excluding hydrogens is 411 g/mol. The number of amides is 2. The van der Waals surface area contributed by atoms with Crippen molar-refractivity contribution in [2.45, 2.75) is 58.7 Å². The molecule has 1 atom stereocenters. The van der Waals surface area contributed by atoms with Gasteiger partial charge in [-0.1, -0.05) is 0 Å². The molecule has 2 aliphatic rings. The Kier molecular flexibility index (Phi) is 6.55. The van der Waals surface area contributed by atoms with Gasteiger partial charge in [-0.3, -0.25) is 14.5 Å². The molecule has 0 bridgehead atoms. The monoisotopic (exact) mass is 441 g/mol. The van der Waals surface area contributed by atoms with Gasteiger partial charge in [0, 0.05) is 36.8 Å². The first-order chi connectivity index (χ1) is 14.4.